The van der Waals surface area contributed by atoms with E-state index >= 15 is 0 Å². The number of nitrogens with one attached hydrogen (secondary N) is 2. The van der Waals surface area contributed by atoms with E-state index in [4.69, 9.17) is 0 Å². The minimum absolute atomic E-state index is 0.330. The molecule has 1 fully saturated rings. The van der Waals surface area contributed by atoms with Gasteiger partial charge in [0.2, 0.25) is 0 Å². The smallest absolute Gasteiger partial charge is 0.191 e. The lowest BCUT2D eigenvalue weighted by atomic mass is 10.1. The van der Waals surface area contributed by atoms with E-state index in [2.05, 4.69) is 58.6 Å². The molecule has 1 aromatic rings. The SMILES string of the molecule is Cc1ccc(SC2(CNC3=NCCCN3)CCCC2)cc1. The summed E-state index contributed by atoms with van der Waals surface area (Å²) in [6.07, 6.45) is 6.44. The van der Waals surface area contributed by atoms with Crippen LogP contribution in [0.5, 0.6) is 0 Å². The van der Waals surface area contributed by atoms with E-state index in [0.29, 0.717) is 4.75 Å². The van der Waals surface area contributed by atoms with Gasteiger partial charge in [-0.2, -0.15) is 0 Å². The molecule has 0 radical (unpaired) electrons. The van der Waals surface area contributed by atoms with E-state index < -0.39 is 0 Å². The highest BCUT2D eigenvalue weighted by Gasteiger charge is 2.35. The van der Waals surface area contributed by atoms with E-state index in [1.807, 2.05) is 0 Å². The molecule has 1 heterocycles. The lowest BCUT2D eigenvalue weighted by Crippen LogP contribution is -2.46. The van der Waals surface area contributed by atoms with Crippen molar-refractivity contribution in [2.24, 2.45) is 4.99 Å². The zero-order valence-corrected chi connectivity index (χ0v) is 13.6. The van der Waals surface area contributed by atoms with Crippen molar-refractivity contribution >= 4 is 17.7 Å². The van der Waals surface area contributed by atoms with Gasteiger partial charge in [0.05, 0.1) is 0 Å². The molecule has 3 nitrogen and oxygen atoms in total. The Morgan fingerprint density at radius 2 is 1.95 bits per heavy atom. The summed E-state index contributed by atoms with van der Waals surface area (Å²) in [7, 11) is 0. The molecule has 1 aromatic carbocycles. The second-order valence-corrected chi connectivity index (χ2v) is 7.71. The van der Waals surface area contributed by atoms with Gasteiger partial charge >= 0.3 is 0 Å². The average molecular weight is 303 g/mol. The molecule has 1 aliphatic heterocycles. The van der Waals surface area contributed by atoms with Crippen LogP contribution in [0.15, 0.2) is 34.2 Å². The van der Waals surface area contributed by atoms with Crippen LogP contribution < -0.4 is 10.6 Å². The third-order valence-corrected chi connectivity index (χ3v) is 5.84. The second kappa shape index (κ2) is 6.73. The standard InChI is InChI=1S/C17H25N3S/c1-14-5-7-15(8-6-14)21-17(9-2-3-10-17)13-20-16-18-11-4-12-19-16/h5-8H,2-4,9-13H2,1H3,(H2,18,19,20). The van der Waals surface area contributed by atoms with Gasteiger partial charge < -0.3 is 10.6 Å². The van der Waals surface area contributed by atoms with Crippen LogP contribution in [0.2, 0.25) is 0 Å². The predicted molar refractivity (Wildman–Crippen MR) is 91.2 cm³/mol. The molecule has 0 aromatic heterocycles. The maximum atomic E-state index is 4.53. The van der Waals surface area contributed by atoms with Crippen LogP contribution in [0.4, 0.5) is 0 Å². The van der Waals surface area contributed by atoms with Crippen LogP contribution in [0.3, 0.4) is 0 Å². The van der Waals surface area contributed by atoms with Crippen molar-refractivity contribution in [2.75, 3.05) is 19.6 Å². The summed E-state index contributed by atoms with van der Waals surface area (Å²) in [6.45, 7) is 5.16. The minimum Gasteiger partial charge on any atom is -0.356 e. The minimum atomic E-state index is 0.330. The van der Waals surface area contributed by atoms with E-state index in [-0.39, 0.29) is 0 Å². The first kappa shape index (κ1) is 14.8. The number of thioether (sulfide) groups is 1. The van der Waals surface area contributed by atoms with E-state index in [9.17, 15) is 0 Å². The lowest BCUT2D eigenvalue weighted by molar-refractivity contribution is 0.576. The van der Waals surface area contributed by atoms with Gasteiger partial charge in [-0.15, -0.1) is 11.8 Å². The van der Waals surface area contributed by atoms with Crippen molar-refractivity contribution in [3.8, 4) is 0 Å². The predicted octanol–water partition coefficient (Wildman–Crippen LogP) is 3.34. The lowest BCUT2D eigenvalue weighted by Gasteiger charge is -2.30. The molecule has 0 unspecified atom stereocenters. The van der Waals surface area contributed by atoms with Gasteiger partial charge in [-0.05, 0) is 38.3 Å². The van der Waals surface area contributed by atoms with Crippen molar-refractivity contribution in [1.29, 1.82) is 0 Å². The number of nitrogens with zero attached hydrogens (tertiary/aromatic N) is 1. The summed E-state index contributed by atoms with van der Waals surface area (Å²) in [6, 6.07) is 8.95. The normalized spacial score (nSPS) is 20.7. The van der Waals surface area contributed by atoms with Gasteiger partial charge in [0, 0.05) is 29.3 Å². The molecule has 3 rings (SSSR count). The summed E-state index contributed by atoms with van der Waals surface area (Å²) in [5.41, 5.74) is 1.33. The topological polar surface area (TPSA) is 36.4 Å². The molecule has 21 heavy (non-hydrogen) atoms. The molecule has 0 atom stereocenters. The molecule has 1 saturated carbocycles. The Kier molecular flexibility index (Phi) is 4.73. The van der Waals surface area contributed by atoms with Crippen LogP contribution in [-0.4, -0.2) is 30.3 Å². The van der Waals surface area contributed by atoms with Gasteiger partial charge in [-0.1, -0.05) is 30.5 Å². The van der Waals surface area contributed by atoms with Crippen LogP contribution in [0.25, 0.3) is 0 Å². The van der Waals surface area contributed by atoms with Gasteiger partial charge in [0.15, 0.2) is 5.96 Å². The Balaban J connectivity index is 1.64. The Labute approximate surface area is 132 Å². The van der Waals surface area contributed by atoms with E-state index in [0.717, 1.165) is 32.0 Å². The molecule has 114 valence electrons. The molecule has 4 heteroatoms. The molecule has 0 spiro atoms. The third-order valence-electron chi connectivity index (χ3n) is 4.35. The van der Waals surface area contributed by atoms with Crippen molar-refractivity contribution < 1.29 is 0 Å². The molecule has 0 amide bonds. The largest absolute Gasteiger partial charge is 0.356 e. The second-order valence-electron chi connectivity index (χ2n) is 6.17. The Morgan fingerprint density at radius 3 is 2.62 bits per heavy atom. The number of rotatable bonds is 4. The number of benzene rings is 1. The van der Waals surface area contributed by atoms with Crippen LogP contribution in [0, 0.1) is 6.92 Å². The highest BCUT2D eigenvalue weighted by atomic mass is 32.2. The highest BCUT2D eigenvalue weighted by molar-refractivity contribution is 8.00. The summed E-state index contributed by atoms with van der Waals surface area (Å²) in [5.74, 6) is 0.997. The van der Waals surface area contributed by atoms with Gasteiger partial charge in [0.1, 0.15) is 0 Å². The van der Waals surface area contributed by atoms with Gasteiger partial charge in [-0.3, -0.25) is 4.99 Å². The highest BCUT2D eigenvalue weighted by Crippen LogP contribution is 2.44. The first-order valence-electron chi connectivity index (χ1n) is 8.04. The number of guanidine groups is 1. The molecule has 0 saturated heterocycles. The van der Waals surface area contributed by atoms with Crippen molar-refractivity contribution in [1.82, 2.24) is 10.6 Å². The van der Waals surface area contributed by atoms with Gasteiger partial charge in [-0.25, -0.2) is 0 Å². The number of aliphatic imine (C=N–C) groups is 1. The van der Waals surface area contributed by atoms with Crippen molar-refractivity contribution in [2.45, 2.75) is 48.7 Å². The van der Waals surface area contributed by atoms with Crippen LogP contribution in [0.1, 0.15) is 37.7 Å². The fourth-order valence-electron chi connectivity index (χ4n) is 3.09. The maximum absolute atomic E-state index is 4.53. The number of hydrogen-bond acceptors (Lipinski definition) is 4. The van der Waals surface area contributed by atoms with Crippen molar-refractivity contribution in [3.63, 3.8) is 0 Å². The van der Waals surface area contributed by atoms with Gasteiger partial charge in [0.25, 0.3) is 0 Å². The fourth-order valence-corrected chi connectivity index (χ4v) is 4.50. The van der Waals surface area contributed by atoms with Crippen LogP contribution >= 0.6 is 11.8 Å². The quantitative estimate of drug-likeness (QED) is 0.895. The number of hydrogen-bond donors (Lipinski definition) is 2. The van der Waals surface area contributed by atoms with Crippen LogP contribution in [-0.2, 0) is 0 Å². The Bertz CT molecular complexity index is 489. The first-order valence-corrected chi connectivity index (χ1v) is 8.85. The average Bonchev–Trinajstić information content (AvgIpc) is 2.98. The Morgan fingerprint density at radius 1 is 1.19 bits per heavy atom. The van der Waals surface area contributed by atoms with E-state index in [1.165, 1.54) is 36.1 Å². The molecule has 2 aliphatic rings. The summed E-state index contributed by atoms with van der Waals surface area (Å²) in [4.78, 5) is 5.92. The summed E-state index contributed by atoms with van der Waals surface area (Å²) in [5, 5.41) is 6.92. The fraction of sp³-hybridized carbons (Fsp3) is 0.588. The molecule has 1 aliphatic carbocycles. The molecule has 2 N–H and O–H groups in total. The monoisotopic (exact) mass is 303 g/mol. The zero-order chi connectivity index (χ0) is 14.5. The van der Waals surface area contributed by atoms with E-state index in [1.54, 1.807) is 0 Å². The third kappa shape index (κ3) is 3.94. The van der Waals surface area contributed by atoms with Crippen molar-refractivity contribution in [3.05, 3.63) is 29.8 Å². The summed E-state index contributed by atoms with van der Waals surface area (Å²) >= 11 is 2.05. The number of aryl methyl sites for hydroxylation is 1. The maximum Gasteiger partial charge on any atom is 0.191 e. The zero-order valence-electron chi connectivity index (χ0n) is 12.8. The summed E-state index contributed by atoms with van der Waals surface area (Å²) < 4.78 is 0.330. The molecule has 0 bridgehead atoms. The first-order chi connectivity index (χ1) is 10.3. The molecular formula is C17H25N3S. The Hall–Kier alpha value is -1.16. The molecular weight excluding hydrogens is 278 g/mol.